The molecule has 0 fully saturated rings. The van der Waals surface area contributed by atoms with E-state index in [9.17, 15) is 24.0 Å². The first kappa shape index (κ1) is 35.6. The van der Waals surface area contributed by atoms with Crippen LogP contribution in [0.5, 0.6) is 0 Å². The van der Waals surface area contributed by atoms with Crippen LogP contribution in [0.15, 0.2) is 73.2 Å². The van der Waals surface area contributed by atoms with Gasteiger partial charge in [0.1, 0.15) is 31.3 Å². The van der Waals surface area contributed by atoms with E-state index >= 15 is 0 Å². The Bertz CT molecular complexity index is 1370. The van der Waals surface area contributed by atoms with E-state index in [0.29, 0.717) is 21.7 Å². The van der Waals surface area contributed by atoms with E-state index in [4.69, 9.17) is 14.2 Å². The van der Waals surface area contributed by atoms with Crippen LogP contribution in [0.25, 0.3) is 0 Å². The van der Waals surface area contributed by atoms with Crippen molar-refractivity contribution in [3.05, 3.63) is 90.0 Å². The van der Waals surface area contributed by atoms with Crippen molar-refractivity contribution in [3.8, 4) is 0 Å². The molecule has 14 heteroatoms. The molecule has 2 aromatic carbocycles. The summed E-state index contributed by atoms with van der Waals surface area (Å²) in [7, 11) is 1.21. The van der Waals surface area contributed by atoms with Gasteiger partial charge in [0, 0.05) is 24.1 Å². The second-order valence-corrected chi connectivity index (χ2v) is 11.1. The molecule has 0 aliphatic carbocycles. The topological polar surface area (TPSA) is 169 Å². The smallest absolute Gasteiger partial charge is 0.420 e. The molecular weight excluding hydrogens is 614 g/mol. The van der Waals surface area contributed by atoms with E-state index in [0.717, 1.165) is 0 Å². The molecule has 0 spiro atoms. The second-order valence-electron chi connectivity index (χ2n) is 10.7. The number of carbonyl (C=O) groups excluding carboxylic acids is 5. The van der Waals surface area contributed by atoms with Crippen LogP contribution in [0.4, 0.5) is 9.59 Å². The zero-order valence-electron chi connectivity index (χ0n) is 25.9. The van der Waals surface area contributed by atoms with Crippen molar-refractivity contribution in [1.29, 1.82) is 0 Å². The van der Waals surface area contributed by atoms with Crippen molar-refractivity contribution in [3.63, 3.8) is 0 Å². The number of aromatic nitrogens is 2. The number of rotatable bonds is 15. The van der Waals surface area contributed by atoms with Crippen molar-refractivity contribution >= 4 is 42.6 Å². The molecule has 3 aromatic rings. The molecule has 0 unspecified atom stereocenters. The van der Waals surface area contributed by atoms with Crippen molar-refractivity contribution < 1.29 is 38.2 Å². The van der Waals surface area contributed by atoms with Crippen LogP contribution in [0.1, 0.15) is 37.1 Å². The van der Waals surface area contributed by atoms with Gasteiger partial charge in [-0.3, -0.25) is 9.59 Å². The second kappa shape index (κ2) is 18.2. The van der Waals surface area contributed by atoms with Crippen LogP contribution in [0.2, 0.25) is 0 Å². The van der Waals surface area contributed by atoms with Gasteiger partial charge < -0.3 is 29.8 Å². The van der Waals surface area contributed by atoms with Gasteiger partial charge >= 0.3 is 18.2 Å². The lowest BCUT2D eigenvalue weighted by molar-refractivity contribution is -0.145. The normalized spacial score (nSPS) is 12.7. The summed E-state index contributed by atoms with van der Waals surface area (Å²) in [4.78, 5) is 73.7. The number of amides is 4. The Kier molecular flexibility index (Phi) is 14.1. The summed E-state index contributed by atoms with van der Waals surface area (Å²) in [5.41, 5.74) is 1.80. The van der Waals surface area contributed by atoms with E-state index in [1.165, 1.54) is 19.6 Å². The summed E-state index contributed by atoms with van der Waals surface area (Å²) in [5.74, 6) is -2.52. The van der Waals surface area contributed by atoms with Crippen molar-refractivity contribution in [1.82, 2.24) is 25.5 Å². The molecule has 1 aromatic heterocycles. The number of esters is 1. The molecule has 13 nitrogen and oxygen atoms in total. The number of imide groups is 1. The van der Waals surface area contributed by atoms with Crippen LogP contribution in [-0.2, 0) is 48.2 Å². The van der Waals surface area contributed by atoms with Gasteiger partial charge in [-0.25, -0.2) is 19.4 Å². The van der Waals surface area contributed by atoms with Gasteiger partial charge in [-0.05, 0) is 23.5 Å². The number of thiol groups is 1. The number of hydrogen-bond acceptors (Lipinski definition) is 10. The van der Waals surface area contributed by atoms with Gasteiger partial charge in [0.15, 0.2) is 0 Å². The lowest BCUT2D eigenvalue weighted by atomic mass is 10.0. The molecule has 3 N–H and O–H groups in total. The van der Waals surface area contributed by atoms with E-state index < -0.39 is 48.1 Å². The number of aromatic amines is 1. The fraction of sp³-hybridized carbons (Fsp3) is 0.375. The maximum atomic E-state index is 13.8. The number of methoxy groups -OCH3 is 1. The van der Waals surface area contributed by atoms with Gasteiger partial charge in [0.25, 0.3) is 0 Å². The number of hydrogen-bond donors (Lipinski definition) is 4. The molecule has 246 valence electrons. The largest absolute Gasteiger partial charge is 0.467 e. The van der Waals surface area contributed by atoms with Crippen LogP contribution in [-0.4, -0.2) is 75.8 Å². The van der Waals surface area contributed by atoms with Crippen LogP contribution < -0.4 is 10.6 Å². The molecule has 0 saturated carbocycles. The first-order chi connectivity index (χ1) is 22.1. The number of nitrogens with one attached hydrogen (secondary N) is 3. The van der Waals surface area contributed by atoms with Crippen LogP contribution >= 0.6 is 12.6 Å². The van der Waals surface area contributed by atoms with E-state index in [1.807, 2.05) is 13.8 Å². The predicted octanol–water partition coefficient (Wildman–Crippen LogP) is 3.41. The summed E-state index contributed by atoms with van der Waals surface area (Å²) in [6, 6.07) is 13.8. The highest BCUT2D eigenvalue weighted by molar-refractivity contribution is 7.80. The summed E-state index contributed by atoms with van der Waals surface area (Å²) in [5, 5.41) is 5.25. The Morgan fingerprint density at radius 3 is 1.85 bits per heavy atom. The third-order valence-corrected chi connectivity index (χ3v) is 7.06. The van der Waals surface area contributed by atoms with Crippen molar-refractivity contribution in [2.45, 2.75) is 58.0 Å². The Balaban J connectivity index is 1.85. The molecule has 0 aliphatic rings. The van der Waals surface area contributed by atoms with Crippen LogP contribution in [0, 0.1) is 5.92 Å². The first-order valence-electron chi connectivity index (χ1n) is 14.6. The molecule has 0 saturated heterocycles. The standard InChI is InChI=1S/C32H39N5O8S/c1-21(2)14-26(30(40)43-3)36-28(38)25(15-24-16-33-20-34-24)35-29(39)27(19-46)37(31(41)44-17-22-10-6-4-7-11-22)32(42)45-18-23-12-8-5-9-13-23/h4-13,16,20-21,25-27,46H,14-15,17-19H2,1-3H3,(H,33,34)(H,35,39)(H,36,38)/t25-,26-,27-/m1/s1. The van der Waals surface area contributed by atoms with Gasteiger partial charge in [0.2, 0.25) is 11.8 Å². The third kappa shape index (κ3) is 10.9. The zero-order valence-corrected chi connectivity index (χ0v) is 26.8. The molecule has 46 heavy (non-hydrogen) atoms. The summed E-state index contributed by atoms with van der Waals surface area (Å²) in [6.07, 6.45) is 0.830. The van der Waals surface area contributed by atoms with Crippen LogP contribution in [0.3, 0.4) is 0 Å². The van der Waals surface area contributed by atoms with E-state index in [2.05, 4.69) is 33.2 Å². The molecular formula is C32H39N5O8S. The minimum atomic E-state index is -1.54. The van der Waals surface area contributed by atoms with Gasteiger partial charge in [-0.2, -0.15) is 17.5 Å². The SMILES string of the molecule is COC(=O)[C@@H](CC(C)C)NC(=O)[C@@H](Cc1cnc[nH]1)NC(=O)[C@@H](CS)N(C(=O)OCc1ccccc1)C(=O)OCc1ccccc1. The highest BCUT2D eigenvalue weighted by atomic mass is 32.1. The average Bonchev–Trinajstić information content (AvgIpc) is 3.57. The number of ether oxygens (including phenoxy) is 3. The van der Waals surface area contributed by atoms with Gasteiger partial charge in [-0.15, -0.1) is 0 Å². The number of nitrogens with zero attached hydrogens (tertiary/aromatic N) is 2. The third-order valence-electron chi connectivity index (χ3n) is 6.71. The number of benzene rings is 2. The Morgan fingerprint density at radius 1 is 0.848 bits per heavy atom. The first-order valence-corrected chi connectivity index (χ1v) is 15.2. The van der Waals surface area contributed by atoms with Gasteiger partial charge in [0.05, 0.1) is 13.4 Å². The monoisotopic (exact) mass is 653 g/mol. The molecule has 3 rings (SSSR count). The minimum absolute atomic E-state index is 0.0379. The molecule has 0 radical (unpaired) electrons. The number of carbonyl (C=O) groups is 5. The minimum Gasteiger partial charge on any atom is -0.467 e. The summed E-state index contributed by atoms with van der Waals surface area (Å²) >= 11 is 4.26. The Hall–Kier alpha value is -4.85. The van der Waals surface area contributed by atoms with E-state index in [-0.39, 0.29) is 37.7 Å². The summed E-state index contributed by atoms with van der Waals surface area (Å²) < 4.78 is 15.6. The highest BCUT2D eigenvalue weighted by Gasteiger charge is 2.39. The fourth-order valence-electron chi connectivity index (χ4n) is 4.38. The lowest BCUT2D eigenvalue weighted by Crippen LogP contribution is -2.59. The quantitative estimate of drug-likeness (QED) is 0.109. The Labute approximate surface area is 272 Å². The highest BCUT2D eigenvalue weighted by Crippen LogP contribution is 2.14. The Morgan fingerprint density at radius 2 is 1.39 bits per heavy atom. The van der Waals surface area contributed by atoms with Crippen molar-refractivity contribution in [2.24, 2.45) is 5.92 Å². The fourth-order valence-corrected chi connectivity index (χ4v) is 4.71. The molecule has 1 heterocycles. The van der Waals surface area contributed by atoms with Crippen molar-refractivity contribution in [2.75, 3.05) is 12.9 Å². The molecule has 4 amide bonds. The molecule has 3 atom stereocenters. The molecule has 0 bridgehead atoms. The summed E-state index contributed by atoms with van der Waals surface area (Å²) in [6.45, 7) is 3.40. The van der Waals surface area contributed by atoms with Gasteiger partial charge in [-0.1, -0.05) is 74.5 Å². The zero-order chi connectivity index (χ0) is 33.5. The predicted molar refractivity (Wildman–Crippen MR) is 170 cm³/mol. The number of imidazole rings is 1. The van der Waals surface area contributed by atoms with E-state index in [1.54, 1.807) is 60.7 Å². The average molecular weight is 654 g/mol. The molecule has 0 aliphatic heterocycles. The number of H-pyrrole nitrogens is 1. The maximum absolute atomic E-state index is 13.8. The lowest BCUT2D eigenvalue weighted by Gasteiger charge is -2.29. The maximum Gasteiger partial charge on any atom is 0.420 e.